The minimum absolute atomic E-state index is 0.200. The van der Waals surface area contributed by atoms with E-state index in [2.05, 4.69) is 10.1 Å². The minimum atomic E-state index is -3.16. The molecule has 0 aliphatic heterocycles. The Morgan fingerprint density at radius 2 is 1.95 bits per heavy atom. The third kappa shape index (κ3) is 2.40. The molecule has 1 aliphatic carbocycles. The highest BCUT2D eigenvalue weighted by atomic mass is 32.2. The third-order valence-corrected chi connectivity index (χ3v) is 4.26. The summed E-state index contributed by atoms with van der Waals surface area (Å²) in [4.78, 5) is 4.24. The molecule has 0 atom stereocenters. The van der Waals surface area contributed by atoms with Gasteiger partial charge in [-0.25, -0.2) is 8.42 Å². The first-order valence-corrected chi connectivity index (χ1v) is 8.32. The van der Waals surface area contributed by atoms with Gasteiger partial charge in [0.2, 0.25) is 5.89 Å². The monoisotopic (exact) mass is 293 g/mol. The molecule has 0 radical (unpaired) electrons. The molecule has 2 aromatic rings. The van der Waals surface area contributed by atoms with Gasteiger partial charge in [0, 0.05) is 11.9 Å². The van der Waals surface area contributed by atoms with E-state index in [0.717, 1.165) is 24.7 Å². The van der Waals surface area contributed by atoms with E-state index in [4.69, 9.17) is 10.3 Å². The molecule has 0 saturated heterocycles. The Labute approximate surface area is 116 Å². The van der Waals surface area contributed by atoms with E-state index in [1.807, 2.05) is 24.3 Å². The summed E-state index contributed by atoms with van der Waals surface area (Å²) in [7, 11) is -3.16. The topological polar surface area (TPSA) is 99.1 Å². The zero-order valence-corrected chi connectivity index (χ0v) is 11.9. The first-order valence-electron chi connectivity index (χ1n) is 6.26. The Morgan fingerprint density at radius 1 is 1.30 bits per heavy atom. The van der Waals surface area contributed by atoms with Crippen molar-refractivity contribution in [2.75, 3.05) is 12.0 Å². The van der Waals surface area contributed by atoms with Gasteiger partial charge >= 0.3 is 0 Å². The summed E-state index contributed by atoms with van der Waals surface area (Å²) in [6, 6.07) is 7.57. The van der Waals surface area contributed by atoms with Gasteiger partial charge in [-0.15, -0.1) is 0 Å². The second-order valence-electron chi connectivity index (χ2n) is 5.29. The Balaban J connectivity index is 1.91. The first-order chi connectivity index (χ1) is 9.39. The third-order valence-electron chi connectivity index (χ3n) is 3.48. The van der Waals surface area contributed by atoms with Gasteiger partial charge in [-0.2, -0.15) is 4.98 Å². The van der Waals surface area contributed by atoms with Crippen LogP contribution in [-0.4, -0.2) is 24.8 Å². The molecule has 1 aliphatic rings. The van der Waals surface area contributed by atoms with E-state index in [9.17, 15) is 8.42 Å². The van der Waals surface area contributed by atoms with Crippen LogP contribution in [0.1, 0.15) is 30.1 Å². The summed E-state index contributed by atoms with van der Waals surface area (Å²) in [5.41, 5.74) is 7.19. The number of hydrogen-bond acceptors (Lipinski definition) is 6. The smallest absolute Gasteiger partial charge is 0.237 e. The predicted octanol–water partition coefficient (Wildman–Crippen LogP) is 1.28. The molecule has 6 nitrogen and oxygen atoms in total. The zero-order valence-electron chi connectivity index (χ0n) is 11.0. The van der Waals surface area contributed by atoms with Crippen LogP contribution < -0.4 is 5.73 Å². The maximum absolute atomic E-state index is 11.2. The molecule has 2 N–H and O–H groups in total. The van der Waals surface area contributed by atoms with E-state index in [1.165, 1.54) is 0 Å². The second-order valence-corrected chi connectivity index (χ2v) is 7.43. The molecular formula is C13H15N3O3S. The molecule has 0 spiro atoms. The van der Waals surface area contributed by atoms with Crippen molar-refractivity contribution in [2.24, 2.45) is 0 Å². The van der Waals surface area contributed by atoms with Crippen molar-refractivity contribution in [1.29, 1.82) is 0 Å². The van der Waals surface area contributed by atoms with E-state index in [-0.39, 0.29) is 17.0 Å². The molecule has 0 bridgehead atoms. The van der Waals surface area contributed by atoms with Crippen LogP contribution in [0.4, 0.5) is 5.69 Å². The molecule has 7 heteroatoms. The molecule has 20 heavy (non-hydrogen) atoms. The highest BCUT2D eigenvalue weighted by molar-refractivity contribution is 7.89. The molecule has 0 unspecified atom stereocenters. The van der Waals surface area contributed by atoms with E-state index in [0.29, 0.717) is 11.6 Å². The van der Waals surface area contributed by atoms with Crippen molar-refractivity contribution in [2.45, 2.75) is 24.0 Å². The van der Waals surface area contributed by atoms with Gasteiger partial charge in [0.05, 0.1) is 5.41 Å². The summed E-state index contributed by atoms with van der Waals surface area (Å²) in [5.74, 6) is 0.499. The van der Waals surface area contributed by atoms with Crippen LogP contribution in [0, 0.1) is 0 Å². The fourth-order valence-electron chi connectivity index (χ4n) is 2.29. The van der Waals surface area contributed by atoms with Crippen LogP contribution in [0.25, 0.3) is 0 Å². The number of hydrogen-bond donors (Lipinski definition) is 1. The minimum Gasteiger partial charge on any atom is -0.399 e. The van der Waals surface area contributed by atoms with Crippen molar-refractivity contribution < 1.29 is 12.9 Å². The van der Waals surface area contributed by atoms with Gasteiger partial charge in [0.25, 0.3) is 0 Å². The van der Waals surface area contributed by atoms with Crippen molar-refractivity contribution in [1.82, 2.24) is 10.1 Å². The van der Waals surface area contributed by atoms with Crippen LogP contribution in [0.5, 0.6) is 0 Å². The molecule has 106 valence electrons. The van der Waals surface area contributed by atoms with Crippen LogP contribution in [0.3, 0.4) is 0 Å². The van der Waals surface area contributed by atoms with Gasteiger partial charge in [0.15, 0.2) is 15.7 Å². The lowest BCUT2D eigenvalue weighted by Crippen LogP contribution is -2.10. The average Bonchev–Trinajstić information content (AvgIpc) is 3.04. The standard InChI is InChI=1S/C13H15N3O3S/c1-20(17,18)8-11-15-12(19-16-11)13(6-7-13)9-2-4-10(14)5-3-9/h2-5H,6-8,14H2,1H3. The number of sulfone groups is 1. The van der Waals surface area contributed by atoms with Gasteiger partial charge in [-0.05, 0) is 30.5 Å². The number of nitrogens with zero attached hydrogens (tertiary/aromatic N) is 2. The van der Waals surface area contributed by atoms with Crippen molar-refractivity contribution in [3.63, 3.8) is 0 Å². The second kappa shape index (κ2) is 4.31. The Hall–Kier alpha value is -1.89. The van der Waals surface area contributed by atoms with Crippen LogP contribution in [0.15, 0.2) is 28.8 Å². The molecule has 1 heterocycles. The normalized spacial score (nSPS) is 17.1. The lowest BCUT2D eigenvalue weighted by atomic mass is 9.96. The lowest BCUT2D eigenvalue weighted by molar-refractivity contribution is 0.356. The summed E-state index contributed by atoms with van der Waals surface area (Å²) in [5, 5.41) is 3.76. The Kier molecular flexibility index (Phi) is 2.82. The van der Waals surface area contributed by atoms with E-state index in [1.54, 1.807) is 0 Å². The summed E-state index contributed by atoms with van der Waals surface area (Å²) < 4.78 is 27.8. The van der Waals surface area contributed by atoms with Gasteiger partial charge in [-0.3, -0.25) is 0 Å². The predicted molar refractivity (Wildman–Crippen MR) is 73.7 cm³/mol. The van der Waals surface area contributed by atoms with Crippen LogP contribution >= 0.6 is 0 Å². The number of nitrogen functional groups attached to an aromatic ring is 1. The van der Waals surface area contributed by atoms with Gasteiger partial charge in [0.1, 0.15) is 5.75 Å². The van der Waals surface area contributed by atoms with Crippen LogP contribution in [0.2, 0.25) is 0 Å². The lowest BCUT2D eigenvalue weighted by Gasteiger charge is -2.10. The first kappa shape index (κ1) is 13.1. The molecule has 1 aromatic heterocycles. The molecule has 1 aromatic carbocycles. The fourth-order valence-corrected chi connectivity index (χ4v) is 2.88. The zero-order chi connectivity index (χ0) is 14.4. The largest absolute Gasteiger partial charge is 0.399 e. The number of nitrogens with two attached hydrogens (primary N) is 1. The number of benzene rings is 1. The summed E-state index contributed by atoms with van der Waals surface area (Å²) in [6.07, 6.45) is 2.98. The average molecular weight is 293 g/mol. The molecule has 3 rings (SSSR count). The quantitative estimate of drug-likeness (QED) is 0.852. The van der Waals surface area contributed by atoms with Crippen LogP contribution in [-0.2, 0) is 21.0 Å². The summed E-state index contributed by atoms with van der Waals surface area (Å²) in [6.45, 7) is 0. The Morgan fingerprint density at radius 3 is 2.50 bits per heavy atom. The molecule has 1 saturated carbocycles. The van der Waals surface area contributed by atoms with Crippen molar-refractivity contribution in [3.05, 3.63) is 41.5 Å². The molecule has 0 amide bonds. The van der Waals surface area contributed by atoms with Gasteiger partial charge in [-0.1, -0.05) is 17.3 Å². The number of rotatable bonds is 4. The Bertz CT molecular complexity index is 730. The number of anilines is 1. The number of aromatic nitrogens is 2. The van der Waals surface area contributed by atoms with E-state index < -0.39 is 9.84 Å². The van der Waals surface area contributed by atoms with Crippen molar-refractivity contribution in [3.8, 4) is 0 Å². The van der Waals surface area contributed by atoms with E-state index >= 15 is 0 Å². The van der Waals surface area contributed by atoms with Gasteiger partial charge < -0.3 is 10.3 Å². The highest BCUT2D eigenvalue weighted by Crippen LogP contribution is 2.52. The maximum atomic E-state index is 11.2. The SMILES string of the molecule is CS(=O)(=O)Cc1noc(C2(c3ccc(N)cc3)CC2)n1. The maximum Gasteiger partial charge on any atom is 0.237 e. The summed E-state index contributed by atoms with van der Waals surface area (Å²) >= 11 is 0. The molecular weight excluding hydrogens is 278 g/mol. The highest BCUT2D eigenvalue weighted by Gasteiger charge is 2.50. The fraction of sp³-hybridized carbons (Fsp3) is 0.385. The van der Waals surface area contributed by atoms with Crippen molar-refractivity contribution >= 4 is 15.5 Å². The molecule has 1 fully saturated rings.